The lowest BCUT2D eigenvalue weighted by Gasteiger charge is -2.26. The van der Waals surface area contributed by atoms with Gasteiger partial charge in [-0.15, -0.1) is 0 Å². The first-order chi connectivity index (χ1) is 9.20. The van der Waals surface area contributed by atoms with Gasteiger partial charge in [0.25, 0.3) is 5.91 Å². The van der Waals surface area contributed by atoms with Gasteiger partial charge in [0.2, 0.25) is 0 Å². The van der Waals surface area contributed by atoms with E-state index in [1.54, 1.807) is 11.9 Å². The van der Waals surface area contributed by atoms with Crippen LogP contribution in [-0.2, 0) is 9.84 Å². The van der Waals surface area contributed by atoms with Gasteiger partial charge in [0.1, 0.15) is 0 Å². The van der Waals surface area contributed by atoms with Gasteiger partial charge in [-0.1, -0.05) is 13.8 Å². The molecule has 5 nitrogen and oxygen atoms in total. The van der Waals surface area contributed by atoms with Crippen LogP contribution in [0.3, 0.4) is 0 Å². The normalized spacial score (nSPS) is 11.7. The quantitative estimate of drug-likeness (QED) is 0.842. The Balaban J connectivity index is 3.20. The fraction of sp³-hybridized carbons (Fsp3) is 0.500. The van der Waals surface area contributed by atoms with Crippen LogP contribution in [0.4, 0.5) is 5.69 Å². The summed E-state index contributed by atoms with van der Waals surface area (Å²) in [6, 6.07) is 4.39. The Morgan fingerprint density at radius 1 is 1.25 bits per heavy atom. The molecule has 112 valence electrons. The van der Waals surface area contributed by atoms with Crippen LogP contribution in [0, 0.1) is 0 Å². The average molecular weight is 298 g/mol. The van der Waals surface area contributed by atoms with E-state index < -0.39 is 9.84 Å². The Labute approximate surface area is 120 Å². The zero-order valence-corrected chi connectivity index (χ0v) is 13.2. The van der Waals surface area contributed by atoms with Gasteiger partial charge in [0.05, 0.1) is 4.90 Å². The second-order valence-corrected chi connectivity index (χ2v) is 6.97. The number of nitrogens with two attached hydrogens (primary N) is 1. The molecule has 0 spiro atoms. The van der Waals surface area contributed by atoms with Gasteiger partial charge in [0, 0.05) is 30.6 Å². The summed E-state index contributed by atoms with van der Waals surface area (Å²) in [7, 11) is -1.66. The van der Waals surface area contributed by atoms with Crippen molar-refractivity contribution >= 4 is 21.4 Å². The highest BCUT2D eigenvalue weighted by Gasteiger charge is 2.20. The summed E-state index contributed by atoms with van der Waals surface area (Å²) in [6.45, 7) is 4.03. The Hall–Kier alpha value is -1.56. The molecule has 1 amide bonds. The molecule has 0 aromatic heterocycles. The lowest BCUT2D eigenvalue weighted by Crippen LogP contribution is -2.36. The first-order valence-corrected chi connectivity index (χ1v) is 8.47. The Kier molecular flexibility index (Phi) is 5.16. The SMILES string of the molecule is CCC(CC)N(C)C(=O)c1cc(N)cc(S(C)(=O)=O)c1. The van der Waals surface area contributed by atoms with E-state index in [9.17, 15) is 13.2 Å². The summed E-state index contributed by atoms with van der Waals surface area (Å²) < 4.78 is 23.2. The minimum Gasteiger partial charge on any atom is -0.399 e. The van der Waals surface area contributed by atoms with E-state index in [0.29, 0.717) is 5.56 Å². The molecule has 1 rings (SSSR count). The Morgan fingerprint density at radius 3 is 2.25 bits per heavy atom. The topological polar surface area (TPSA) is 80.5 Å². The summed E-state index contributed by atoms with van der Waals surface area (Å²) in [6.07, 6.45) is 2.79. The van der Waals surface area contributed by atoms with Gasteiger partial charge < -0.3 is 10.6 Å². The van der Waals surface area contributed by atoms with E-state index in [1.807, 2.05) is 13.8 Å². The molecular formula is C14H22N2O3S. The molecule has 0 saturated heterocycles. The predicted octanol–water partition coefficient (Wildman–Crippen LogP) is 1.93. The maximum atomic E-state index is 12.4. The Bertz CT molecular complexity index is 592. The molecule has 20 heavy (non-hydrogen) atoms. The first kappa shape index (κ1) is 16.5. The van der Waals surface area contributed by atoms with Crippen LogP contribution in [0.5, 0.6) is 0 Å². The number of carbonyl (C=O) groups is 1. The number of nitrogens with zero attached hydrogens (tertiary/aromatic N) is 1. The molecule has 1 aromatic rings. The molecule has 0 aliphatic heterocycles. The van der Waals surface area contributed by atoms with Crippen LogP contribution < -0.4 is 5.73 Å². The van der Waals surface area contributed by atoms with Crippen molar-refractivity contribution in [1.29, 1.82) is 0 Å². The molecule has 0 radical (unpaired) electrons. The lowest BCUT2D eigenvalue weighted by molar-refractivity contribution is 0.0723. The fourth-order valence-electron chi connectivity index (χ4n) is 2.17. The molecule has 0 unspecified atom stereocenters. The van der Waals surface area contributed by atoms with Crippen molar-refractivity contribution in [2.24, 2.45) is 0 Å². The van der Waals surface area contributed by atoms with Gasteiger partial charge in [0.15, 0.2) is 9.84 Å². The number of nitrogen functional groups attached to an aromatic ring is 1. The summed E-state index contributed by atoms with van der Waals surface area (Å²) in [5.41, 5.74) is 6.28. The van der Waals surface area contributed by atoms with Crippen molar-refractivity contribution in [3.8, 4) is 0 Å². The molecular weight excluding hydrogens is 276 g/mol. The molecule has 0 bridgehead atoms. The summed E-state index contributed by atoms with van der Waals surface area (Å²) >= 11 is 0. The standard InChI is InChI=1S/C14H22N2O3S/c1-5-12(6-2)16(3)14(17)10-7-11(15)9-13(8-10)20(4,18)19/h7-9,12H,5-6,15H2,1-4H3. The zero-order valence-electron chi connectivity index (χ0n) is 12.4. The van der Waals surface area contributed by atoms with Crippen molar-refractivity contribution in [3.63, 3.8) is 0 Å². The van der Waals surface area contributed by atoms with Crippen LogP contribution in [0.15, 0.2) is 23.1 Å². The minimum atomic E-state index is -3.39. The van der Waals surface area contributed by atoms with Crippen LogP contribution in [0.25, 0.3) is 0 Å². The molecule has 2 N–H and O–H groups in total. The second-order valence-electron chi connectivity index (χ2n) is 4.95. The highest BCUT2D eigenvalue weighted by molar-refractivity contribution is 7.90. The number of sulfone groups is 1. The largest absolute Gasteiger partial charge is 0.399 e. The van der Waals surface area contributed by atoms with Crippen LogP contribution >= 0.6 is 0 Å². The van der Waals surface area contributed by atoms with Gasteiger partial charge in [-0.3, -0.25) is 4.79 Å². The van der Waals surface area contributed by atoms with Gasteiger partial charge in [-0.2, -0.15) is 0 Å². The summed E-state index contributed by atoms with van der Waals surface area (Å²) in [5, 5.41) is 0. The molecule has 1 aromatic carbocycles. The third-order valence-corrected chi connectivity index (χ3v) is 4.51. The number of anilines is 1. The van der Waals surface area contributed by atoms with Crippen LogP contribution in [0.1, 0.15) is 37.0 Å². The Morgan fingerprint density at radius 2 is 1.80 bits per heavy atom. The molecule has 6 heteroatoms. The van der Waals surface area contributed by atoms with Gasteiger partial charge >= 0.3 is 0 Å². The highest BCUT2D eigenvalue weighted by atomic mass is 32.2. The van der Waals surface area contributed by atoms with E-state index in [2.05, 4.69) is 0 Å². The maximum absolute atomic E-state index is 12.4. The van der Waals surface area contributed by atoms with E-state index >= 15 is 0 Å². The summed E-state index contributed by atoms with van der Waals surface area (Å²) in [5.74, 6) is -0.212. The minimum absolute atomic E-state index is 0.0683. The molecule has 0 aliphatic carbocycles. The van der Waals surface area contributed by atoms with E-state index in [-0.39, 0.29) is 22.5 Å². The number of benzene rings is 1. The zero-order chi connectivity index (χ0) is 15.5. The third-order valence-electron chi connectivity index (χ3n) is 3.41. The predicted molar refractivity (Wildman–Crippen MR) is 80.4 cm³/mol. The number of hydrogen-bond donors (Lipinski definition) is 1. The van der Waals surface area contributed by atoms with Crippen molar-refractivity contribution in [2.45, 2.75) is 37.6 Å². The van der Waals surface area contributed by atoms with Crippen molar-refractivity contribution in [3.05, 3.63) is 23.8 Å². The second kappa shape index (κ2) is 6.26. The third kappa shape index (κ3) is 3.72. The van der Waals surface area contributed by atoms with Crippen molar-refractivity contribution < 1.29 is 13.2 Å². The van der Waals surface area contributed by atoms with Crippen LogP contribution in [-0.4, -0.2) is 38.6 Å². The van der Waals surface area contributed by atoms with Crippen LogP contribution in [0.2, 0.25) is 0 Å². The van der Waals surface area contributed by atoms with Crippen molar-refractivity contribution in [1.82, 2.24) is 4.90 Å². The molecule has 0 heterocycles. The number of carbonyl (C=O) groups excluding carboxylic acids is 1. The highest BCUT2D eigenvalue weighted by Crippen LogP contribution is 2.19. The van der Waals surface area contributed by atoms with Gasteiger partial charge in [-0.25, -0.2) is 8.42 Å². The first-order valence-electron chi connectivity index (χ1n) is 6.58. The average Bonchev–Trinajstić information content (AvgIpc) is 2.37. The van der Waals surface area contributed by atoms with E-state index in [0.717, 1.165) is 19.1 Å². The maximum Gasteiger partial charge on any atom is 0.253 e. The number of amides is 1. The molecule has 0 fully saturated rings. The molecule has 0 atom stereocenters. The summed E-state index contributed by atoms with van der Waals surface area (Å²) in [4.78, 5) is 14.1. The van der Waals surface area contributed by atoms with Gasteiger partial charge in [-0.05, 0) is 31.0 Å². The van der Waals surface area contributed by atoms with E-state index in [1.165, 1.54) is 18.2 Å². The molecule has 0 saturated carbocycles. The monoisotopic (exact) mass is 298 g/mol. The lowest BCUT2D eigenvalue weighted by atomic mass is 10.1. The number of hydrogen-bond acceptors (Lipinski definition) is 4. The van der Waals surface area contributed by atoms with E-state index in [4.69, 9.17) is 5.73 Å². The number of rotatable bonds is 5. The smallest absolute Gasteiger partial charge is 0.253 e. The molecule has 0 aliphatic rings. The van der Waals surface area contributed by atoms with Crippen molar-refractivity contribution in [2.75, 3.05) is 19.0 Å². The fourth-order valence-corrected chi connectivity index (χ4v) is 2.86.